The summed E-state index contributed by atoms with van der Waals surface area (Å²) in [7, 11) is 0. The van der Waals surface area contributed by atoms with Crippen molar-refractivity contribution in [2.45, 2.75) is 0 Å². The summed E-state index contributed by atoms with van der Waals surface area (Å²) in [6.07, 6.45) is 5.26. The Kier molecular flexibility index (Phi) is 3.80. The van der Waals surface area contributed by atoms with Crippen LogP contribution in [0.1, 0.15) is 5.56 Å². The average molecular weight is 332 g/mol. The minimum absolute atomic E-state index is 0.164. The fraction of sp³-hybridized carbons (Fsp3) is 0. The Balaban J connectivity index is 1.68. The van der Waals surface area contributed by atoms with E-state index in [0.29, 0.717) is 15.9 Å². The van der Waals surface area contributed by atoms with Gasteiger partial charge in [0.1, 0.15) is 0 Å². The molecule has 5 nitrogen and oxygen atoms in total. The predicted molar refractivity (Wildman–Crippen MR) is 96.8 cm³/mol. The van der Waals surface area contributed by atoms with Gasteiger partial charge in [-0.15, -0.1) is 0 Å². The maximum atomic E-state index is 12.2. The van der Waals surface area contributed by atoms with Gasteiger partial charge in [-0.05, 0) is 36.0 Å². The molecule has 6 heteroatoms. The highest BCUT2D eigenvalue weighted by Crippen LogP contribution is 2.29. The molecule has 1 aliphatic heterocycles. The number of hydrogen-bond donors (Lipinski definition) is 1. The number of rotatable bonds is 2. The van der Waals surface area contributed by atoms with Gasteiger partial charge in [0.25, 0.3) is 5.91 Å². The summed E-state index contributed by atoms with van der Waals surface area (Å²) in [6, 6.07) is 15.3. The van der Waals surface area contributed by atoms with Gasteiger partial charge < -0.3 is 5.32 Å². The lowest BCUT2D eigenvalue weighted by Crippen LogP contribution is -2.19. The van der Waals surface area contributed by atoms with E-state index in [9.17, 15) is 4.79 Å². The quantitative estimate of drug-likeness (QED) is 0.729. The minimum Gasteiger partial charge on any atom is -0.300 e. The van der Waals surface area contributed by atoms with Crippen molar-refractivity contribution < 1.29 is 4.79 Å². The molecule has 24 heavy (non-hydrogen) atoms. The van der Waals surface area contributed by atoms with Gasteiger partial charge in [0, 0.05) is 23.3 Å². The number of amides is 1. The number of hydrogen-bond acceptors (Lipinski definition) is 5. The van der Waals surface area contributed by atoms with Crippen molar-refractivity contribution in [3.05, 3.63) is 71.4 Å². The lowest BCUT2D eigenvalue weighted by Gasteiger charge is -2.01. The predicted octanol–water partition coefficient (Wildman–Crippen LogP) is 3.52. The van der Waals surface area contributed by atoms with Crippen LogP contribution in [0.5, 0.6) is 0 Å². The summed E-state index contributed by atoms with van der Waals surface area (Å²) in [5, 5.41) is 4.33. The molecule has 2 aromatic heterocycles. The van der Waals surface area contributed by atoms with Crippen LogP contribution < -0.4 is 5.32 Å². The van der Waals surface area contributed by atoms with E-state index >= 15 is 0 Å². The van der Waals surface area contributed by atoms with Crippen molar-refractivity contribution in [3.63, 3.8) is 0 Å². The van der Waals surface area contributed by atoms with E-state index in [4.69, 9.17) is 0 Å². The molecule has 4 rings (SSSR count). The van der Waals surface area contributed by atoms with E-state index in [-0.39, 0.29) is 5.91 Å². The third-order valence-electron chi connectivity index (χ3n) is 3.47. The maximum absolute atomic E-state index is 12.2. The number of aliphatic imine (C=N–C) groups is 1. The SMILES string of the molecule is O=C1N/C(=N/c2ccccn2)S/C1=C\c1cccc2cccnc12. The van der Waals surface area contributed by atoms with Crippen LogP contribution in [0, 0.1) is 0 Å². The summed E-state index contributed by atoms with van der Waals surface area (Å²) in [5.41, 5.74) is 1.78. The number of benzene rings is 1. The second-order valence-corrected chi connectivity index (χ2v) is 6.12. The molecule has 1 aromatic carbocycles. The Hall–Kier alpha value is -2.99. The van der Waals surface area contributed by atoms with Crippen LogP contribution in [-0.4, -0.2) is 21.0 Å². The number of pyridine rings is 2. The van der Waals surface area contributed by atoms with E-state index in [2.05, 4.69) is 20.3 Å². The topological polar surface area (TPSA) is 67.2 Å². The van der Waals surface area contributed by atoms with E-state index in [1.807, 2.05) is 48.5 Å². The fourth-order valence-corrected chi connectivity index (χ4v) is 3.21. The summed E-state index contributed by atoms with van der Waals surface area (Å²) in [6.45, 7) is 0. The number of carbonyl (C=O) groups excluding carboxylic acids is 1. The standard InChI is InChI=1S/C18H12N4OS/c23-17-14(24-18(22-17)21-15-8-1-2-9-19-15)11-13-6-3-5-12-7-4-10-20-16(12)13/h1-11H,(H,19,21,22,23)/b14-11-. The highest BCUT2D eigenvalue weighted by Gasteiger charge is 2.24. The van der Waals surface area contributed by atoms with Crippen LogP contribution in [0.25, 0.3) is 17.0 Å². The zero-order chi connectivity index (χ0) is 16.4. The van der Waals surface area contributed by atoms with Crippen LogP contribution in [0.2, 0.25) is 0 Å². The van der Waals surface area contributed by atoms with E-state index in [1.165, 1.54) is 11.8 Å². The molecular formula is C18H12N4OS. The van der Waals surface area contributed by atoms with E-state index < -0.39 is 0 Å². The van der Waals surface area contributed by atoms with Crippen molar-refractivity contribution >= 4 is 45.6 Å². The first-order valence-corrected chi connectivity index (χ1v) is 8.16. The Labute approximate surface area is 142 Å². The Morgan fingerprint density at radius 2 is 1.88 bits per heavy atom. The molecule has 0 unspecified atom stereocenters. The largest absolute Gasteiger partial charge is 0.300 e. The summed E-state index contributed by atoms with van der Waals surface area (Å²) < 4.78 is 0. The van der Waals surface area contributed by atoms with Crippen LogP contribution in [0.4, 0.5) is 5.82 Å². The number of fused-ring (bicyclic) bond motifs is 1. The molecule has 1 fully saturated rings. The van der Waals surface area contributed by atoms with Gasteiger partial charge in [0.15, 0.2) is 11.0 Å². The lowest BCUT2D eigenvalue weighted by atomic mass is 10.1. The van der Waals surface area contributed by atoms with Gasteiger partial charge in [-0.1, -0.05) is 30.3 Å². The van der Waals surface area contributed by atoms with Crippen LogP contribution in [0.15, 0.2) is 70.8 Å². The first-order chi connectivity index (χ1) is 11.8. The molecule has 0 radical (unpaired) electrons. The van der Waals surface area contributed by atoms with Crippen molar-refractivity contribution in [3.8, 4) is 0 Å². The molecule has 0 spiro atoms. The molecule has 3 aromatic rings. The average Bonchev–Trinajstić information content (AvgIpc) is 2.95. The van der Waals surface area contributed by atoms with Crippen molar-refractivity contribution in [2.24, 2.45) is 4.99 Å². The first kappa shape index (κ1) is 14.6. The Morgan fingerprint density at radius 3 is 2.75 bits per heavy atom. The Morgan fingerprint density at radius 1 is 1.00 bits per heavy atom. The number of nitrogens with zero attached hydrogens (tertiary/aromatic N) is 3. The second kappa shape index (κ2) is 6.25. The zero-order valence-corrected chi connectivity index (χ0v) is 13.3. The summed E-state index contributed by atoms with van der Waals surface area (Å²) >= 11 is 1.30. The fourth-order valence-electron chi connectivity index (χ4n) is 2.39. The van der Waals surface area contributed by atoms with Gasteiger partial charge in [-0.25, -0.2) is 9.98 Å². The van der Waals surface area contributed by atoms with Crippen molar-refractivity contribution in [2.75, 3.05) is 0 Å². The monoisotopic (exact) mass is 332 g/mol. The highest BCUT2D eigenvalue weighted by molar-refractivity contribution is 8.18. The van der Waals surface area contributed by atoms with Gasteiger partial charge >= 0.3 is 0 Å². The van der Waals surface area contributed by atoms with Gasteiger partial charge in [0.2, 0.25) is 0 Å². The first-order valence-electron chi connectivity index (χ1n) is 7.34. The lowest BCUT2D eigenvalue weighted by molar-refractivity contribution is -0.115. The van der Waals surface area contributed by atoms with Crippen LogP contribution >= 0.6 is 11.8 Å². The number of para-hydroxylation sites is 1. The highest BCUT2D eigenvalue weighted by atomic mass is 32.2. The zero-order valence-electron chi connectivity index (χ0n) is 12.5. The van der Waals surface area contributed by atoms with Crippen LogP contribution in [0.3, 0.4) is 0 Å². The third-order valence-corrected chi connectivity index (χ3v) is 4.38. The smallest absolute Gasteiger partial charge is 0.264 e. The van der Waals surface area contributed by atoms with Crippen molar-refractivity contribution in [1.29, 1.82) is 0 Å². The second-order valence-electron chi connectivity index (χ2n) is 5.09. The number of nitrogens with one attached hydrogen (secondary N) is 1. The molecule has 1 aliphatic rings. The minimum atomic E-state index is -0.164. The summed E-state index contributed by atoms with van der Waals surface area (Å²) in [4.78, 5) is 25.7. The normalized spacial score (nSPS) is 17.6. The van der Waals surface area contributed by atoms with Gasteiger partial charge in [0.05, 0.1) is 10.4 Å². The van der Waals surface area contributed by atoms with Crippen molar-refractivity contribution in [1.82, 2.24) is 15.3 Å². The molecule has 1 N–H and O–H groups in total. The number of amidine groups is 1. The van der Waals surface area contributed by atoms with Gasteiger partial charge in [-0.2, -0.15) is 0 Å². The molecule has 1 saturated heterocycles. The number of thioether (sulfide) groups is 1. The maximum Gasteiger partial charge on any atom is 0.264 e. The van der Waals surface area contributed by atoms with E-state index in [0.717, 1.165) is 16.5 Å². The molecule has 116 valence electrons. The number of carbonyl (C=O) groups is 1. The van der Waals surface area contributed by atoms with Gasteiger partial charge in [-0.3, -0.25) is 9.78 Å². The van der Waals surface area contributed by atoms with E-state index in [1.54, 1.807) is 18.5 Å². The summed E-state index contributed by atoms with van der Waals surface area (Å²) in [5.74, 6) is 0.399. The molecular weight excluding hydrogens is 320 g/mol. The van der Waals surface area contributed by atoms with Crippen LogP contribution in [-0.2, 0) is 4.79 Å². The molecule has 0 aliphatic carbocycles. The molecule has 0 bridgehead atoms. The third kappa shape index (κ3) is 2.91. The Bertz CT molecular complexity index is 977. The molecule has 3 heterocycles. The number of aromatic nitrogens is 2. The molecule has 1 amide bonds. The molecule has 0 atom stereocenters. The molecule has 0 saturated carbocycles.